The molecule has 0 aliphatic carbocycles. The van der Waals surface area contributed by atoms with E-state index in [2.05, 4.69) is 19.9 Å². The summed E-state index contributed by atoms with van der Waals surface area (Å²) in [4.78, 5) is 27.8. The van der Waals surface area contributed by atoms with Crippen molar-refractivity contribution in [2.75, 3.05) is 0 Å². The van der Waals surface area contributed by atoms with E-state index in [9.17, 15) is 9.90 Å². The topological polar surface area (TPSA) is 91.8 Å². The van der Waals surface area contributed by atoms with Crippen molar-refractivity contribution in [2.24, 2.45) is 0 Å². The fourth-order valence-electron chi connectivity index (χ4n) is 2.74. The van der Waals surface area contributed by atoms with Crippen LogP contribution in [0.2, 0.25) is 0 Å². The largest absolute Gasteiger partial charge is 0.508 e. The van der Waals surface area contributed by atoms with Crippen LogP contribution in [0.15, 0.2) is 59.7 Å². The number of nitrogens with zero attached hydrogens (tertiary/aromatic N) is 3. The van der Waals surface area contributed by atoms with Crippen LogP contribution in [0.1, 0.15) is 5.56 Å². The molecule has 0 saturated carbocycles. The molecule has 0 atom stereocenters. The Morgan fingerprint density at radius 1 is 0.960 bits per heavy atom. The molecule has 0 aliphatic rings. The van der Waals surface area contributed by atoms with Gasteiger partial charge in [0.15, 0.2) is 11.2 Å². The molecular weight excluding hydrogens is 316 g/mol. The average Bonchev–Trinajstić information content (AvgIpc) is 2.61. The standard InChI is InChI=1S/C19H14N4O2/c1-11-4-2-5-12(8-11)15-16(13-6-3-7-14(24)9-13)23-18-17(22-15)19(25)21-10-20-18/h2-10,24H,1H3,(H,20,21,23,25). The van der Waals surface area contributed by atoms with E-state index in [1.807, 2.05) is 37.3 Å². The minimum atomic E-state index is -0.339. The number of hydrogen-bond donors (Lipinski definition) is 2. The van der Waals surface area contributed by atoms with Gasteiger partial charge in [-0.25, -0.2) is 15.0 Å². The quantitative estimate of drug-likeness (QED) is 0.589. The summed E-state index contributed by atoms with van der Waals surface area (Å²) in [5.74, 6) is 0.133. The molecule has 2 aromatic heterocycles. The Balaban J connectivity index is 2.09. The number of phenols is 1. The number of rotatable bonds is 2. The smallest absolute Gasteiger partial charge is 0.278 e. The van der Waals surface area contributed by atoms with E-state index in [0.29, 0.717) is 17.0 Å². The second-order valence-corrected chi connectivity index (χ2v) is 5.74. The second-order valence-electron chi connectivity index (χ2n) is 5.74. The molecule has 4 rings (SSSR count). The molecule has 0 amide bonds. The fourth-order valence-corrected chi connectivity index (χ4v) is 2.74. The highest BCUT2D eigenvalue weighted by Crippen LogP contribution is 2.31. The van der Waals surface area contributed by atoms with Crippen LogP contribution in [-0.4, -0.2) is 25.0 Å². The lowest BCUT2D eigenvalue weighted by molar-refractivity contribution is 0.475. The van der Waals surface area contributed by atoms with Gasteiger partial charge < -0.3 is 10.1 Å². The Morgan fingerprint density at radius 2 is 1.68 bits per heavy atom. The van der Waals surface area contributed by atoms with Crippen molar-refractivity contribution >= 4 is 11.2 Å². The molecule has 0 unspecified atom stereocenters. The first-order valence-corrected chi connectivity index (χ1v) is 7.74. The molecule has 6 heteroatoms. The Bertz CT molecular complexity index is 1150. The number of aromatic nitrogens is 4. The number of benzene rings is 2. The molecule has 0 spiro atoms. The minimum absolute atomic E-state index is 0.133. The van der Waals surface area contributed by atoms with Gasteiger partial charge in [0, 0.05) is 11.1 Å². The van der Waals surface area contributed by atoms with Crippen LogP contribution < -0.4 is 5.56 Å². The molecule has 2 aromatic carbocycles. The summed E-state index contributed by atoms with van der Waals surface area (Å²) in [6, 6.07) is 14.6. The number of nitrogens with one attached hydrogen (secondary N) is 1. The van der Waals surface area contributed by atoms with E-state index >= 15 is 0 Å². The van der Waals surface area contributed by atoms with Crippen molar-refractivity contribution in [1.82, 2.24) is 19.9 Å². The molecule has 0 saturated heterocycles. The zero-order valence-corrected chi connectivity index (χ0v) is 13.4. The molecule has 6 nitrogen and oxygen atoms in total. The molecule has 4 aromatic rings. The predicted octanol–water partition coefficient (Wildman–Crippen LogP) is 3.06. The molecule has 0 bridgehead atoms. The van der Waals surface area contributed by atoms with E-state index in [4.69, 9.17) is 0 Å². The van der Waals surface area contributed by atoms with Crippen molar-refractivity contribution in [2.45, 2.75) is 6.92 Å². The summed E-state index contributed by atoms with van der Waals surface area (Å²) in [5.41, 5.74) is 3.85. The maximum absolute atomic E-state index is 12.1. The van der Waals surface area contributed by atoms with Crippen LogP contribution in [0.3, 0.4) is 0 Å². The van der Waals surface area contributed by atoms with Crippen molar-refractivity contribution in [3.05, 3.63) is 70.8 Å². The molecular formula is C19H14N4O2. The normalized spacial score (nSPS) is 10.9. The van der Waals surface area contributed by atoms with Gasteiger partial charge in [-0.15, -0.1) is 0 Å². The van der Waals surface area contributed by atoms with Gasteiger partial charge in [0.25, 0.3) is 5.56 Å². The van der Waals surface area contributed by atoms with E-state index in [1.54, 1.807) is 18.2 Å². The van der Waals surface area contributed by atoms with Crippen LogP contribution >= 0.6 is 0 Å². The molecule has 0 aliphatic heterocycles. The molecule has 122 valence electrons. The van der Waals surface area contributed by atoms with Crippen LogP contribution in [0.5, 0.6) is 5.75 Å². The first kappa shape index (κ1) is 15.0. The van der Waals surface area contributed by atoms with Gasteiger partial charge in [-0.1, -0.05) is 35.9 Å². The maximum Gasteiger partial charge on any atom is 0.278 e. The Kier molecular flexibility index (Phi) is 3.50. The SMILES string of the molecule is Cc1cccc(-c2nc3c(=O)[nH]cnc3nc2-c2cccc(O)c2)c1. The van der Waals surface area contributed by atoms with Gasteiger partial charge in [-0.05, 0) is 25.1 Å². The van der Waals surface area contributed by atoms with Crippen LogP contribution in [0.25, 0.3) is 33.7 Å². The first-order valence-electron chi connectivity index (χ1n) is 7.74. The van der Waals surface area contributed by atoms with Crippen LogP contribution in [0.4, 0.5) is 0 Å². The minimum Gasteiger partial charge on any atom is -0.508 e. The summed E-state index contributed by atoms with van der Waals surface area (Å²) in [7, 11) is 0. The average molecular weight is 330 g/mol. The molecule has 0 radical (unpaired) electrons. The Labute approximate surface area is 142 Å². The number of aromatic hydroxyl groups is 1. The highest BCUT2D eigenvalue weighted by molar-refractivity contribution is 5.84. The van der Waals surface area contributed by atoms with Gasteiger partial charge in [-0.3, -0.25) is 4.79 Å². The molecule has 0 fully saturated rings. The van der Waals surface area contributed by atoms with Crippen LogP contribution in [0, 0.1) is 6.92 Å². The molecule has 25 heavy (non-hydrogen) atoms. The number of fused-ring (bicyclic) bond motifs is 1. The number of phenolic OH excluding ortho intramolecular Hbond substituents is 1. The van der Waals surface area contributed by atoms with E-state index in [0.717, 1.165) is 11.1 Å². The summed E-state index contributed by atoms with van der Waals surface area (Å²) >= 11 is 0. The number of H-pyrrole nitrogens is 1. The third-order valence-corrected chi connectivity index (χ3v) is 3.89. The zero-order chi connectivity index (χ0) is 17.4. The van der Waals surface area contributed by atoms with E-state index < -0.39 is 0 Å². The van der Waals surface area contributed by atoms with Gasteiger partial charge in [0.2, 0.25) is 0 Å². The van der Waals surface area contributed by atoms with E-state index in [-0.39, 0.29) is 22.5 Å². The lowest BCUT2D eigenvalue weighted by Crippen LogP contribution is -2.10. The third kappa shape index (κ3) is 2.74. The lowest BCUT2D eigenvalue weighted by atomic mass is 10.0. The zero-order valence-electron chi connectivity index (χ0n) is 13.4. The van der Waals surface area contributed by atoms with Gasteiger partial charge in [-0.2, -0.15) is 0 Å². The van der Waals surface area contributed by atoms with Crippen molar-refractivity contribution < 1.29 is 5.11 Å². The van der Waals surface area contributed by atoms with Gasteiger partial charge >= 0.3 is 0 Å². The maximum atomic E-state index is 12.1. The van der Waals surface area contributed by atoms with Crippen LogP contribution in [-0.2, 0) is 0 Å². The van der Waals surface area contributed by atoms with Crippen molar-refractivity contribution in [3.8, 4) is 28.3 Å². The summed E-state index contributed by atoms with van der Waals surface area (Å²) < 4.78 is 0. The highest BCUT2D eigenvalue weighted by atomic mass is 16.3. The van der Waals surface area contributed by atoms with Crippen molar-refractivity contribution in [1.29, 1.82) is 0 Å². The third-order valence-electron chi connectivity index (χ3n) is 3.89. The van der Waals surface area contributed by atoms with Gasteiger partial charge in [0.05, 0.1) is 17.7 Å². The number of aromatic amines is 1. The van der Waals surface area contributed by atoms with Crippen molar-refractivity contribution in [3.63, 3.8) is 0 Å². The Hall–Kier alpha value is -3.54. The lowest BCUT2D eigenvalue weighted by Gasteiger charge is -2.10. The monoisotopic (exact) mass is 330 g/mol. The number of aryl methyl sites for hydroxylation is 1. The molecule has 2 N–H and O–H groups in total. The summed E-state index contributed by atoms with van der Waals surface area (Å²) in [5, 5.41) is 9.82. The second kappa shape index (κ2) is 5.83. The summed E-state index contributed by atoms with van der Waals surface area (Å²) in [6.07, 6.45) is 1.30. The fraction of sp³-hybridized carbons (Fsp3) is 0.0526. The van der Waals surface area contributed by atoms with Gasteiger partial charge in [0.1, 0.15) is 5.75 Å². The first-order chi connectivity index (χ1) is 12.1. The Morgan fingerprint density at radius 3 is 2.44 bits per heavy atom. The number of hydrogen-bond acceptors (Lipinski definition) is 5. The van der Waals surface area contributed by atoms with E-state index in [1.165, 1.54) is 6.33 Å². The predicted molar refractivity (Wildman–Crippen MR) is 95.2 cm³/mol. The summed E-state index contributed by atoms with van der Waals surface area (Å²) in [6.45, 7) is 1.99. The molecule has 2 heterocycles. The highest BCUT2D eigenvalue weighted by Gasteiger charge is 2.15.